The summed E-state index contributed by atoms with van der Waals surface area (Å²) in [5.41, 5.74) is 1.01. The molecule has 0 aliphatic rings. The second-order valence-corrected chi connectivity index (χ2v) is 2.76. The Morgan fingerprint density at radius 1 is 1.46 bits per heavy atom. The van der Waals surface area contributed by atoms with Crippen molar-refractivity contribution in [2.75, 3.05) is 0 Å². The van der Waals surface area contributed by atoms with E-state index in [-0.39, 0.29) is 5.83 Å². The first-order valence-corrected chi connectivity index (χ1v) is 4.56. The standard InChI is InChI=1S/C12H17F/c1-4-7-11(8-5-2)10-12(13)9-6-3/h4,6-7,9-10H,3,5,8H2,1-2H3/b7-4-,11-10-,12-9+. The van der Waals surface area contributed by atoms with Gasteiger partial charge in [0, 0.05) is 0 Å². The highest BCUT2D eigenvalue weighted by Gasteiger charge is 1.92. The molecule has 1 heteroatoms. The molecule has 0 aromatic carbocycles. The molecule has 0 atom stereocenters. The molecule has 0 heterocycles. The maximum Gasteiger partial charge on any atom is 0.123 e. The zero-order valence-corrected chi connectivity index (χ0v) is 8.39. The number of rotatable bonds is 5. The molecule has 0 bridgehead atoms. The third-order valence-corrected chi connectivity index (χ3v) is 1.52. The molecule has 0 amide bonds. The van der Waals surface area contributed by atoms with Gasteiger partial charge >= 0.3 is 0 Å². The van der Waals surface area contributed by atoms with E-state index in [4.69, 9.17) is 0 Å². The fraction of sp³-hybridized carbons (Fsp3) is 0.333. The van der Waals surface area contributed by atoms with E-state index >= 15 is 0 Å². The van der Waals surface area contributed by atoms with Gasteiger partial charge in [0.2, 0.25) is 0 Å². The first kappa shape index (κ1) is 11.9. The molecule has 0 saturated carbocycles. The molecule has 0 nitrogen and oxygen atoms in total. The van der Waals surface area contributed by atoms with Crippen LogP contribution in [0.5, 0.6) is 0 Å². The Hall–Kier alpha value is -1.11. The zero-order valence-electron chi connectivity index (χ0n) is 8.39. The molecule has 0 fully saturated rings. The molecule has 0 N–H and O–H groups in total. The van der Waals surface area contributed by atoms with Crippen LogP contribution in [-0.4, -0.2) is 0 Å². The van der Waals surface area contributed by atoms with Crippen molar-refractivity contribution in [1.29, 1.82) is 0 Å². The minimum Gasteiger partial charge on any atom is -0.207 e. The van der Waals surface area contributed by atoms with Crippen molar-refractivity contribution in [2.45, 2.75) is 26.7 Å². The topological polar surface area (TPSA) is 0 Å². The molecule has 0 saturated heterocycles. The van der Waals surface area contributed by atoms with Crippen molar-refractivity contribution in [3.05, 3.63) is 48.4 Å². The molecule has 72 valence electrons. The summed E-state index contributed by atoms with van der Waals surface area (Å²) in [4.78, 5) is 0. The Kier molecular flexibility index (Phi) is 6.89. The van der Waals surface area contributed by atoms with Crippen molar-refractivity contribution >= 4 is 0 Å². The smallest absolute Gasteiger partial charge is 0.123 e. The van der Waals surface area contributed by atoms with Gasteiger partial charge in [0.05, 0.1) is 0 Å². The van der Waals surface area contributed by atoms with Crippen LogP contribution in [0.1, 0.15) is 26.7 Å². The summed E-state index contributed by atoms with van der Waals surface area (Å²) in [6, 6.07) is 0. The van der Waals surface area contributed by atoms with Gasteiger partial charge in [0.15, 0.2) is 0 Å². The Morgan fingerprint density at radius 2 is 2.15 bits per heavy atom. The van der Waals surface area contributed by atoms with Crippen molar-refractivity contribution < 1.29 is 4.39 Å². The monoisotopic (exact) mass is 180 g/mol. The van der Waals surface area contributed by atoms with Gasteiger partial charge in [-0.3, -0.25) is 0 Å². The Morgan fingerprint density at radius 3 is 2.62 bits per heavy atom. The van der Waals surface area contributed by atoms with E-state index in [9.17, 15) is 4.39 Å². The Balaban J connectivity index is 4.50. The van der Waals surface area contributed by atoms with Crippen molar-refractivity contribution in [1.82, 2.24) is 0 Å². The van der Waals surface area contributed by atoms with Crippen LogP contribution in [-0.2, 0) is 0 Å². The largest absolute Gasteiger partial charge is 0.207 e. The second-order valence-electron chi connectivity index (χ2n) is 2.76. The highest BCUT2D eigenvalue weighted by molar-refractivity contribution is 5.28. The molecule has 13 heavy (non-hydrogen) atoms. The van der Waals surface area contributed by atoms with E-state index in [2.05, 4.69) is 13.5 Å². The zero-order chi connectivity index (χ0) is 10.1. The van der Waals surface area contributed by atoms with Gasteiger partial charge in [-0.15, -0.1) is 0 Å². The fourth-order valence-corrected chi connectivity index (χ4v) is 1.04. The van der Waals surface area contributed by atoms with Crippen LogP contribution in [0.2, 0.25) is 0 Å². The lowest BCUT2D eigenvalue weighted by atomic mass is 10.1. The van der Waals surface area contributed by atoms with Crippen LogP contribution in [0, 0.1) is 0 Å². The lowest BCUT2D eigenvalue weighted by molar-refractivity contribution is 0.664. The predicted molar refractivity (Wildman–Crippen MR) is 57.2 cm³/mol. The summed E-state index contributed by atoms with van der Waals surface area (Å²) in [5.74, 6) is -0.239. The molecule has 0 rings (SSSR count). The molecule has 0 aliphatic heterocycles. The van der Waals surface area contributed by atoms with Crippen molar-refractivity contribution in [2.24, 2.45) is 0 Å². The van der Waals surface area contributed by atoms with Crippen LogP contribution in [0.15, 0.2) is 48.4 Å². The first-order chi connectivity index (χ1) is 6.24. The van der Waals surface area contributed by atoms with Crippen LogP contribution < -0.4 is 0 Å². The SMILES string of the molecule is C=C\C=C(F)/C=C(/C=C\C)CCC. The summed E-state index contributed by atoms with van der Waals surface area (Å²) in [6.45, 7) is 7.44. The van der Waals surface area contributed by atoms with Gasteiger partial charge in [-0.25, -0.2) is 4.39 Å². The summed E-state index contributed by atoms with van der Waals surface area (Å²) in [7, 11) is 0. The average Bonchev–Trinajstić information content (AvgIpc) is 2.05. The number of halogens is 1. The number of hydrogen-bond acceptors (Lipinski definition) is 0. The van der Waals surface area contributed by atoms with E-state index in [1.807, 2.05) is 19.1 Å². The normalized spacial score (nSPS) is 13.8. The van der Waals surface area contributed by atoms with Crippen molar-refractivity contribution in [3.8, 4) is 0 Å². The van der Waals surface area contributed by atoms with Crippen molar-refractivity contribution in [3.63, 3.8) is 0 Å². The summed E-state index contributed by atoms with van der Waals surface area (Å²) in [6.07, 6.45) is 10.1. The molecule has 0 aromatic rings. The molecule has 0 aromatic heterocycles. The van der Waals surface area contributed by atoms with E-state index in [1.54, 1.807) is 6.08 Å². The minimum absolute atomic E-state index is 0.239. The summed E-state index contributed by atoms with van der Waals surface area (Å²) < 4.78 is 13.0. The summed E-state index contributed by atoms with van der Waals surface area (Å²) >= 11 is 0. The molecule has 0 unspecified atom stereocenters. The average molecular weight is 180 g/mol. The minimum atomic E-state index is -0.239. The van der Waals surface area contributed by atoms with E-state index in [1.165, 1.54) is 12.2 Å². The summed E-state index contributed by atoms with van der Waals surface area (Å²) in [5, 5.41) is 0. The molecule has 0 radical (unpaired) electrons. The highest BCUT2D eigenvalue weighted by Crippen LogP contribution is 2.11. The van der Waals surface area contributed by atoms with Gasteiger partial charge in [0.25, 0.3) is 0 Å². The van der Waals surface area contributed by atoms with E-state index in [0.29, 0.717) is 0 Å². The Bertz CT molecular complexity index is 232. The second kappa shape index (κ2) is 7.53. The third-order valence-electron chi connectivity index (χ3n) is 1.52. The van der Waals surface area contributed by atoms with Gasteiger partial charge in [-0.2, -0.15) is 0 Å². The maximum atomic E-state index is 13.0. The quantitative estimate of drug-likeness (QED) is 0.552. The Labute approximate surface area is 80.2 Å². The van der Waals surface area contributed by atoms with E-state index < -0.39 is 0 Å². The van der Waals surface area contributed by atoms with Crippen LogP contribution in [0.3, 0.4) is 0 Å². The van der Waals surface area contributed by atoms with Crippen LogP contribution in [0.4, 0.5) is 4.39 Å². The molecule has 0 aliphatic carbocycles. The third kappa shape index (κ3) is 6.09. The first-order valence-electron chi connectivity index (χ1n) is 4.56. The van der Waals surface area contributed by atoms with Crippen LogP contribution >= 0.6 is 0 Å². The lowest BCUT2D eigenvalue weighted by Crippen LogP contribution is -1.78. The fourth-order valence-electron chi connectivity index (χ4n) is 1.04. The van der Waals surface area contributed by atoms with Gasteiger partial charge in [0.1, 0.15) is 5.83 Å². The highest BCUT2D eigenvalue weighted by atomic mass is 19.1. The van der Waals surface area contributed by atoms with Gasteiger partial charge in [-0.1, -0.05) is 38.2 Å². The van der Waals surface area contributed by atoms with E-state index in [0.717, 1.165) is 18.4 Å². The molecular formula is C12H17F. The lowest BCUT2D eigenvalue weighted by Gasteiger charge is -1.97. The number of allylic oxidation sites excluding steroid dienone is 7. The van der Waals surface area contributed by atoms with Crippen LogP contribution in [0.25, 0.3) is 0 Å². The maximum absolute atomic E-state index is 13.0. The number of hydrogen-bond donors (Lipinski definition) is 0. The van der Waals surface area contributed by atoms with Gasteiger partial charge in [-0.05, 0) is 31.1 Å². The molecule has 0 spiro atoms. The molecular weight excluding hydrogens is 163 g/mol. The van der Waals surface area contributed by atoms with Gasteiger partial charge < -0.3 is 0 Å². The predicted octanol–water partition coefficient (Wildman–Crippen LogP) is 4.33.